The quantitative estimate of drug-likeness (QED) is 0.757. The summed E-state index contributed by atoms with van der Waals surface area (Å²) in [5, 5.41) is 0. The van der Waals surface area contributed by atoms with E-state index in [1.54, 1.807) is 16.7 Å². The summed E-state index contributed by atoms with van der Waals surface area (Å²) in [4.78, 5) is 26.8. The third-order valence-corrected chi connectivity index (χ3v) is 3.02. The van der Waals surface area contributed by atoms with Crippen molar-refractivity contribution >= 4 is 12.0 Å². The number of nitrogens with zero attached hydrogens (tertiary/aromatic N) is 2. The van der Waals surface area contributed by atoms with Crippen LogP contribution in [0.5, 0.6) is 0 Å². The Bertz CT molecular complexity index is 323. The molecule has 1 heterocycles. The molecule has 1 aliphatic heterocycles. The maximum Gasteiger partial charge on any atom is 0.410 e. The molecule has 1 rings (SSSR count). The molecule has 0 bridgehead atoms. The van der Waals surface area contributed by atoms with Gasteiger partial charge in [-0.15, -0.1) is 0 Å². The number of amides is 2. The molecule has 0 aromatic carbocycles. The largest absolute Gasteiger partial charge is 0.444 e. The van der Waals surface area contributed by atoms with Crippen molar-refractivity contribution in [1.29, 1.82) is 0 Å². The van der Waals surface area contributed by atoms with Gasteiger partial charge in [0, 0.05) is 26.6 Å². The standard InChI is InChI=1S/C13H24N2O3/c1-6-15(12(17)18-13(3,4)5)11-7-8-14(9-11)10(2)16/h11H,6-9H2,1-5H3/t11-/m0/s1. The Morgan fingerprint density at radius 1 is 1.39 bits per heavy atom. The molecule has 0 spiro atoms. The first-order valence-electron chi connectivity index (χ1n) is 6.49. The van der Waals surface area contributed by atoms with Gasteiger partial charge < -0.3 is 14.5 Å². The van der Waals surface area contributed by atoms with Crippen LogP contribution in [0.2, 0.25) is 0 Å². The van der Waals surface area contributed by atoms with Gasteiger partial charge in [-0.3, -0.25) is 4.79 Å². The number of likely N-dealkylation sites (N-methyl/N-ethyl adjacent to an activating group) is 1. The Kier molecular flexibility index (Phi) is 4.59. The lowest BCUT2D eigenvalue weighted by Gasteiger charge is -2.30. The van der Waals surface area contributed by atoms with Crippen molar-refractivity contribution in [3.8, 4) is 0 Å². The van der Waals surface area contributed by atoms with Crippen LogP contribution >= 0.6 is 0 Å². The molecule has 104 valence electrons. The molecule has 5 heteroatoms. The van der Waals surface area contributed by atoms with Gasteiger partial charge in [0.05, 0.1) is 6.04 Å². The third-order valence-electron chi connectivity index (χ3n) is 3.02. The van der Waals surface area contributed by atoms with E-state index in [1.165, 1.54) is 0 Å². The van der Waals surface area contributed by atoms with E-state index in [-0.39, 0.29) is 18.0 Å². The van der Waals surface area contributed by atoms with Crippen LogP contribution in [0, 0.1) is 0 Å². The maximum atomic E-state index is 12.1. The van der Waals surface area contributed by atoms with Gasteiger partial charge in [-0.25, -0.2) is 4.79 Å². The fourth-order valence-corrected chi connectivity index (χ4v) is 2.14. The van der Waals surface area contributed by atoms with Gasteiger partial charge in [-0.2, -0.15) is 0 Å². The average molecular weight is 256 g/mol. The first-order valence-corrected chi connectivity index (χ1v) is 6.49. The lowest BCUT2D eigenvalue weighted by Crippen LogP contribution is -2.44. The lowest BCUT2D eigenvalue weighted by atomic mass is 10.2. The first kappa shape index (κ1) is 14.8. The number of rotatable bonds is 2. The van der Waals surface area contributed by atoms with Gasteiger partial charge in [-0.05, 0) is 34.1 Å². The highest BCUT2D eigenvalue weighted by Gasteiger charge is 2.33. The molecule has 0 unspecified atom stereocenters. The zero-order chi connectivity index (χ0) is 13.9. The van der Waals surface area contributed by atoms with Crippen LogP contribution in [-0.4, -0.2) is 53.1 Å². The van der Waals surface area contributed by atoms with Crippen molar-refractivity contribution in [2.75, 3.05) is 19.6 Å². The summed E-state index contributed by atoms with van der Waals surface area (Å²) in [5.74, 6) is 0.0674. The fourth-order valence-electron chi connectivity index (χ4n) is 2.14. The van der Waals surface area contributed by atoms with Crippen molar-refractivity contribution in [2.24, 2.45) is 0 Å². The number of carbonyl (C=O) groups is 2. The molecule has 5 nitrogen and oxygen atoms in total. The van der Waals surface area contributed by atoms with E-state index in [1.807, 2.05) is 27.7 Å². The van der Waals surface area contributed by atoms with Crippen molar-refractivity contribution in [2.45, 2.75) is 52.7 Å². The summed E-state index contributed by atoms with van der Waals surface area (Å²) < 4.78 is 5.38. The summed E-state index contributed by atoms with van der Waals surface area (Å²) >= 11 is 0. The first-order chi connectivity index (χ1) is 8.24. The van der Waals surface area contributed by atoms with Gasteiger partial charge in [0.1, 0.15) is 5.60 Å². The van der Waals surface area contributed by atoms with Gasteiger partial charge in [-0.1, -0.05) is 0 Å². The second-order valence-electron chi connectivity index (χ2n) is 5.67. The van der Waals surface area contributed by atoms with Crippen LogP contribution in [0.1, 0.15) is 41.0 Å². The molecule has 1 aliphatic rings. The Morgan fingerprint density at radius 3 is 2.39 bits per heavy atom. The molecule has 1 atom stereocenters. The summed E-state index contributed by atoms with van der Waals surface area (Å²) in [5.41, 5.74) is -0.483. The molecule has 0 saturated carbocycles. The predicted octanol–water partition coefficient (Wildman–Crippen LogP) is 1.86. The van der Waals surface area contributed by atoms with Crippen LogP contribution in [0.3, 0.4) is 0 Å². The smallest absolute Gasteiger partial charge is 0.410 e. The molecule has 0 aromatic heterocycles. The summed E-state index contributed by atoms with van der Waals surface area (Å²) in [6.07, 6.45) is 0.535. The second-order valence-corrected chi connectivity index (χ2v) is 5.67. The van der Waals surface area contributed by atoms with E-state index in [2.05, 4.69) is 0 Å². The van der Waals surface area contributed by atoms with E-state index in [4.69, 9.17) is 4.74 Å². The van der Waals surface area contributed by atoms with Crippen molar-refractivity contribution in [3.05, 3.63) is 0 Å². The van der Waals surface area contributed by atoms with Crippen molar-refractivity contribution < 1.29 is 14.3 Å². The van der Waals surface area contributed by atoms with E-state index in [0.717, 1.165) is 13.0 Å². The van der Waals surface area contributed by atoms with Gasteiger partial charge >= 0.3 is 6.09 Å². The van der Waals surface area contributed by atoms with Crippen molar-refractivity contribution in [1.82, 2.24) is 9.80 Å². The number of hydrogen-bond donors (Lipinski definition) is 0. The van der Waals surface area contributed by atoms with Gasteiger partial charge in [0.25, 0.3) is 0 Å². The SMILES string of the molecule is CCN(C(=O)OC(C)(C)C)[C@H]1CCN(C(C)=O)C1. The number of hydrogen-bond acceptors (Lipinski definition) is 3. The fraction of sp³-hybridized carbons (Fsp3) is 0.846. The Hall–Kier alpha value is -1.26. The summed E-state index contributed by atoms with van der Waals surface area (Å²) in [6, 6.07) is 0.0775. The Morgan fingerprint density at radius 2 is 2.00 bits per heavy atom. The topological polar surface area (TPSA) is 49.9 Å². The molecule has 1 saturated heterocycles. The zero-order valence-corrected chi connectivity index (χ0v) is 12.0. The van der Waals surface area contributed by atoms with E-state index >= 15 is 0 Å². The summed E-state index contributed by atoms with van der Waals surface area (Å²) in [6.45, 7) is 11.0. The molecule has 0 aromatic rings. The minimum absolute atomic E-state index is 0.0674. The van der Waals surface area contributed by atoms with Gasteiger partial charge in [0.2, 0.25) is 5.91 Å². The summed E-state index contributed by atoms with van der Waals surface area (Å²) in [7, 11) is 0. The molecule has 0 aliphatic carbocycles. The highest BCUT2D eigenvalue weighted by Crippen LogP contribution is 2.18. The molecular formula is C13H24N2O3. The molecular weight excluding hydrogens is 232 g/mol. The zero-order valence-electron chi connectivity index (χ0n) is 12.0. The number of ether oxygens (including phenoxy) is 1. The second kappa shape index (κ2) is 5.59. The van der Waals surface area contributed by atoms with Crippen LogP contribution < -0.4 is 0 Å². The van der Waals surface area contributed by atoms with E-state index in [0.29, 0.717) is 13.1 Å². The highest BCUT2D eigenvalue weighted by atomic mass is 16.6. The van der Waals surface area contributed by atoms with Crippen LogP contribution in [-0.2, 0) is 9.53 Å². The van der Waals surface area contributed by atoms with E-state index < -0.39 is 5.60 Å². The number of carbonyl (C=O) groups excluding carboxylic acids is 2. The lowest BCUT2D eigenvalue weighted by molar-refractivity contribution is -0.128. The predicted molar refractivity (Wildman–Crippen MR) is 69.3 cm³/mol. The Balaban J connectivity index is 2.62. The average Bonchev–Trinajstić information content (AvgIpc) is 2.65. The van der Waals surface area contributed by atoms with Crippen LogP contribution in [0.25, 0.3) is 0 Å². The highest BCUT2D eigenvalue weighted by molar-refractivity contribution is 5.74. The molecule has 1 fully saturated rings. The minimum atomic E-state index is -0.483. The third kappa shape index (κ3) is 3.89. The van der Waals surface area contributed by atoms with Crippen LogP contribution in [0.15, 0.2) is 0 Å². The Labute approximate surface area is 109 Å². The molecule has 18 heavy (non-hydrogen) atoms. The van der Waals surface area contributed by atoms with Crippen LogP contribution in [0.4, 0.5) is 4.79 Å². The maximum absolute atomic E-state index is 12.1. The minimum Gasteiger partial charge on any atom is -0.444 e. The normalized spacial score (nSPS) is 19.8. The van der Waals surface area contributed by atoms with Crippen molar-refractivity contribution in [3.63, 3.8) is 0 Å². The van der Waals surface area contributed by atoms with Gasteiger partial charge in [0.15, 0.2) is 0 Å². The van der Waals surface area contributed by atoms with E-state index in [9.17, 15) is 9.59 Å². The molecule has 0 N–H and O–H groups in total. The molecule has 2 amide bonds. The monoisotopic (exact) mass is 256 g/mol. The number of likely N-dealkylation sites (tertiary alicyclic amines) is 1. The molecule has 0 radical (unpaired) electrons.